The van der Waals surface area contributed by atoms with Crippen molar-refractivity contribution in [3.8, 4) is 0 Å². The van der Waals surface area contributed by atoms with Crippen LogP contribution in [0.15, 0.2) is 4.52 Å². The average molecular weight is 211 g/mol. The molecular formula is C9H13N3O3. The van der Waals surface area contributed by atoms with Crippen LogP contribution >= 0.6 is 0 Å². The molecule has 0 aliphatic heterocycles. The molecule has 1 aliphatic carbocycles. The highest BCUT2D eigenvalue weighted by Crippen LogP contribution is 2.32. The molecule has 6 nitrogen and oxygen atoms in total. The number of nitrogens with zero attached hydrogens (tertiary/aromatic N) is 2. The second-order valence-corrected chi connectivity index (χ2v) is 3.82. The maximum Gasteiger partial charge on any atom is 0.323 e. The second-order valence-electron chi connectivity index (χ2n) is 3.82. The van der Waals surface area contributed by atoms with E-state index in [9.17, 15) is 4.79 Å². The molecule has 1 aromatic heterocycles. The summed E-state index contributed by atoms with van der Waals surface area (Å²) in [4.78, 5) is 15.0. The van der Waals surface area contributed by atoms with Gasteiger partial charge in [-0.15, -0.1) is 0 Å². The molecule has 1 fully saturated rings. The molecule has 2 N–H and O–H groups in total. The topological polar surface area (TPSA) is 88.2 Å². The molecule has 0 amide bonds. The molecule has 0 radical (unpaired) electrons. The molecule has 1 aromatic rings. The fourth-order valence-electron chi connectivity index (χ4n) is 1.66. The number of carboxylic acids is 1. The number of hydrogen-bond donors (Lipinski definition) is 2. The molecule has 1 saturated carbocycles. The first kappa shape index (κ1) is 10.1. The van der Waals surface area contributed by atoms with Crippen LogP contribution in [0.1, 0.15) is 31.0 Å². The predicted octanol–water partition coefficient (Wildman–Crippen LogP) is 0.475. The fraction of sp³-hybridized carbons (Fsp3) is 0.667. The zero-order valence-corrected chi connectivity index (χ0v) is 8.49. The first-order valence-electron chi connectivity index (χ1n) is 4.90. The number of carbonyl (C=O) groups is 1. The van der Waals surface area contributed by atoms with Crippen molar-refractivity contribution in [1.29, 1.82) is 0 Å². The summed E-state index contributed by atoms with van der Waals surface area (Å²) >= 11 is 0. The molecule has 0 spiro atoms. The standard InChI is InChI=1S/C9H13N3O3/c1-6-11-7(12-15-6)5-10-9(8(13)14)3-2-4-9/h10H,2-5H2,1H3,(H,13,14). The van der Waals surface area contributed by atoms with E-state index < -0.39 is 11.5 Å². The molecule has 82 valence electrons. The molecule has 0 saturated heterocycles. The Bertz CT molecular complexity index is 370. The Morgan fingerprint density at radius 1 is 1.67 bits per heavy atom. The van der Waals surface area contributed by atoms with Gasteiger partial charge in [-0.25, -0.2) is 0 Å². The van der Waals surface area contributed by atoms with E-state index in [-0.39, 0.29) is 0 Å². The third kappa shape index (κ3) is 1.85. The van der Waals surface area contributed by atoms with Gasteiger partial charge in [0.2, 0.25) is 5.89 Å². The minimum Gasteiger partial charge on any atom is -0.480 e. The van der Waals surface area contributed by atoms with Crippen molar-refractivity contribution in [3.05, 3.63) is 11.7 Å². The van der Waals surface area contributed by atoms with Gasteiger partial charge in [-0.05, 0) is 19.3 Å². The van der Waals surface area contributed by atoms with Crippen molar-refractivity contribution in [3.63, 3.8) is 0 Å². The Labute approximate surface area is 86.7 Å². The van der Waals surface area contributed by atoms with Crippen LogP contribution in [0.5, 0.6) is 0 Å². The van der Waals surface area contributed by atoms with Gasteiger partial charge in [-0.3, -0.25) is 10.1 Å². The highest BCUT2D eigenvalue weighted by atomic mass is 16.5. The van der Waals surface area contributed by atoms with E-state index in [1.807, 2.05) is 0 Å². The number of aryl methyl sites for hydroxylation is 1. The zero-order valence-electron chi connectivity index (χ0n) is 8.49. The number of rotatable bonds is 4. The Morgan fingerprint density at radius 3 is 2.80 bits per heavy atom. The summed E-state index contributed by atoms with van der Waals surface area (Å²) in [6, 6.07) is 0. The number of aromatic nitrogens is 2. The van der Waals surface area contributed by atoms with Crippen molar-refractivity contribution in [2.24, 2.45) is 0 Å². The monoisotopic (exact) mass is 211 g/mol. The Morgan fingerprint density at radius 2 is 2.40 bits per heavy atom. The van der Waals surface area contributed by atoms with Crippen LogP contribution in [0.3, 0.4) is 0 Å². The number of hydrogen-bond acceptors (Lipinski definition) is 5. The summed E-state index contributed by atoms with van der Waals surface area (Å²) < 4.78 is 4.79. The van der Waals surface area contributed by atoms with Gasteiger partial charge < -0.3 is 9.63 Å². The van der Waals surface area contributed by atoms with E-state index in [1.165, 1.54) is 0 Å². The van der Waals surface area contributed by atoms with Gasteiger partial charge in [0.05, 0.1) is 6.54 Å². The molecule has 15 heavy (non-hydrogen) atoms. The molecule has 0 aromatic carbocycles. The molecular weight excluding hydrogens is 198 g/mol. The van der Waals surface area contributed by atoms with Gasteiger partial charge in [0.1, 0.15) is 5.54 Å². The average Bonchev–Trinajstić information content (AvgIpc) is 2.49. The van der Waals surface area contributed by atoms with E-state index >= 15 is 0 Å². The van der Waals surface area contributed by atoms with Gasteiger partial charge in [0.15, 0.2) is 5.82 Å². The van der Waals surface area contributed by atoms with Gasteiger partial charge in [0.25, 0.3) is 0 Å². The van der Waals surface area contributed by atoms with Crippen LogP contribution in [0.25, 0.3) is 0 Å². The summed E-state index contributed by atoms with van der Waals surface area (Å²) in [5.41, 5.74) is -0.769. The summed E-state index contributed by atoms with van der Waals surface area (Å²) in [7, 11) is 0. The number of carboxylic acid groups (broad SMARTS) is 1. The molecule has 2 rings (SSSR count). The van der Waals surface area contributed by atoms with E-state index in [1.54, 1.807) is 6.92 Å². The summed E-state index contributed by atoms with van der Waals surface area (Å²) in [6.07, 6.45) is 2.28. The quantitative estimate of drug-likeness (QED) is 0.752. The Hall–Kier alpha value is -1.43. The van der Waals surface area contributed by atoms with Crippen LogP contribution in [0.4, 0.5) is 0 Å². The highest BCUT2D eigenvalue weighted by molar-refractivity contribution is 5.79. The molecule has 1 heterocycles. The molecule has 1 aliphatic rings. The largest absolute Gasteiger partial charge is 0.480 e. The molecule has 0 atom stereocenters. The summed E-state index contributed by atoms with van der Waals surface area (Å²) in [5, 5.41) is 15.7. The van der Waals surface area contributed by atoms with Crippen LogP contribution in [0.2, 0.25) is 0 Å². The molecule has 0 unspecified atom stereocenters. The van der Waals surface area contributed by atoms with Crippen LogP contribution < -0.4 is 5.32 Å². The zero-order chi connectivity index (χ0) is 10.9. The van der Waals surface area contributed by atoms with Crippen molar-refractivity contribution in [2.75, 3.05) is 0 Å². The Kier molecular flexibility index (Phi) is 2.44. The molecule has 6 heteroatoms. The lowest BCUT2D eigenvalue weighted by Crippen LogP contribution is -2.56. The number of aliphatic carboxylic acids is 1. The van der Waals surface area contributed by atoms with Crippen molar-refractivity contribution >= 4 is 5.97 Å². The lowest BCUT2D eigenvalue weighted by molar-refractivity contribution is -0.148. The normalized spacial score (nSPS) is 18.5. The van der Waals surface area contributed by atoms with Crippen LogP contribution in [-0.2, 0) is 11.3 Å². The van der Waals surface area contributed by atoms with Gasteiger partial charge in [-0.1, -0.05) is 5.16 Å². The van der Waals surface area contributed by atoms with Gasteiger partial charge >= 0.3 is 5.97 Å². The van der Waals surface area contributed by atoms with Gasteiger partial charge in [0, 0.05) is 6.92 Å². The second kappa shape index (κ2) is 3.62. The summed E-state index contributed by atoms with van der Waals surface area (Å²) in [6.45, 7) is 2.04. The maximum atomic E-state index is 11.0. The maximum absolute atomic E-state index is 11.0. The van der Waals surface area contributed by atoms with Crippen molar-refractivity contribution < 1.29 is 14.4 Å². The minimum absolute atomic E-state index is 0.337. The van der Waals surface area contributed by atoms with Crippen LogP contribution in [-0.4, -0.2) is 26.8 Å². The van der Waals surface area contributed by atoms with E-state index in [2.05, 4.69) is 15.5 Å². The van der Waals surface area contributed by atoms with Crippen molar-refractivity contribution in [2.45, 2.75) is 38.3 Å². The first-order chi connectivity index (χ1) is 7.12. The summed E-state index contributed by atoms with van der Waals surface area (Å²) in [5.74, 6) is 0.193. The van der Waals surface area contributed by atoms with Gasteiger partial charge in [-0.2, -0.15) is 4.98 Å². The SMILES string of the molecule is Cc1nc(CNC2(C(=O)O)CCC2)no1. The van der Waals surface area contributed by atoms with E-state index in [0.29, 0.717) is 31.1 Å². The molecule has 0 bridgehead atoms. The smallest absolute Gasteiger partial charge is 0.323 e. The fourth-order valence-corrected chi connectivity index (χ4v) is 1.66. The highest BCUT2D eigenvalue weighted by Gasteiger charge is 2.44. The lowest BCUT2D eigenvalue weighted by atomic mass is 9.77. The first-order valence-corrected chi connectivity index (χ1v) is 4.90. The Balaban J connectivity index is 1.95. The number of nitrogens with one attached hydrogen (secondary N) is 1. The third-order valence-electron chi connectivity index (χ3n) is 2.77. The van der Waals surface area contributed by atoms with E-state index in [0.717, 1.165) is 6.42 Å². The predicted molar refractivity (Wildman–Crippen MR) is 50.1 cm³/mol. The third-order valence-corrected chi connectivity index (χ3v) is 2.77. The minimum atomic E-state index is -0.797. The van der Waals surface area contributed by atoms with Crippen LogP contribution in [0, 0.1) is 6.92 Å². The van der Waals surface area contributed by atoms with E-state index in [4.69, 9.17) is 9.63 Å². The van der Waals surface area contributed by atoms with Crippen molar-refractivity contribution in [1.82, 2.24) is 15.5 Å². The lowest BCUT2D eigenvalue weighted by Gasteiger charge is -2.38.